The van der Waals surface area contributed by atoms with Crippen molar-refractivity contribution >= 4 is 11.5 Å². The smallest absolute Gasteiger partial charge is 0.250 e. The van der Waals surface area contributed by atoms with Crippen LogP contribution < -0.4 is 16.2 Å². The predicted octanol–water partition coefficient (Wildman–Crippen LogP) is 1.68. The Morgan fingerprint density at radius 2 is 1.81 bits per heavy atom. The molecule has 0 radical (unpaired) electrons. The van der Waals surface area contributed by atoms with Gasteiger partial charge in [-0.25, -0.2) is 0 Å². The normalized spacial score (nSPS) is 10.3. The number of hydrogen-bond acceptors (Lipinski definition) is 3. The maximum Gasteiger partial charge on any atom is 0.250 e. The largest absolute Gasteiger partial charge is 0.388 e. The number of nitrogens with one attached hydrogen (secondary N) is 1. The molecule has 0 saturated heterocycles. The molecule has 21 heavy (non-hydrogen) atoms. The Balaban J connectivity index is 2.07. The van der Waals surface area contributed by atoms with Gasteiger partial charge in [-0.3, -0.25) is 10.2 Å². The van der Waals surface area contributed by atoms with Crippen LogP contribution in [0.2, 0.25) is 0 Å². The van der Waals surface area contributed by atoms with Crippen molar-refractivity contribution in [2.24, 2.45) is 5.73 Å². The van der Waals surface area contributed by atoms with Gasteiger partial charge < -0.3 is 15.2 Å². The SMILES string of the molecule is N=C(N)CCN(CCn1ccccc1=O)c1ccccc1. The minimum atomic E-state index is -0.00270. The molecule has 110 valence electrons. The van der Waals surface area contributed by atoms with Gasteiger partial charge in [0.15, 0.2) is 0 Å². The van der Waals surface area contributed by atoms with E-state index in [1.54, 1.807) is 22.9 Å². The van der Waals surface area contributed by atoms with Crippen LogP contribution in [0, 0.1) is 5.41 Å². The van der Waals surface area contributed by atoms with Gasteiger partial charge in [0.1, 0.15) is 0 Å². The van der Waals surface area contributed by atoms with Crippen LogP contribution in [0.25, 0.3) is 0 Å². The number of pyridine rings is 1. The molecule has 0 aliphatic carbocycles. The molecule has 0 amide bonds. The summed E-state index contributed by atoms with van der Waals surface area (Å²) in [6, 6.07) is 15.1. The van der Waals surface area contributed by atoms with Crippen molar-refractivity contribution in [1.29, 1.82) is 5.41 Å². The minimum Gasteiger partial charge on any atom is -0.388 e. The molecule has 1 aromatic heterocycles. The molecule has 2 rings (SSSR count). The topological polar surface area (TPSA) is 75.1 Å². The van der Waals surface area contributed by atoms with Crippen LogP contribution in [0.4, 0.5) is 5.69 Å². The maximum absolute atomic E-state index is 11.7. The van der Waals surface area contributed by atoms with Crippen LogP contribution in [0.1, 0.15) is 6.42 Å². The number of rotatable bonds is 7. The summed E-state index contributed by atoms with van der Waals surface area (Å²) >= 11 is 0. The summed E-state index contributed by atoms with van der Waals surface area (Å²) in [7, 11) is 0. The lowest BCUT2D eigenvalue weighted by molar-refractivity contribution is 0.639. The first-order valence-corrected chi connectivity index (χ1v) is 6.95. The van der Waals surface area contributed by atoms with E-state index in [2.05, 4.69) is 4.90 Å². The van der Waals surface area contributed by atoms with Crippen molar-refractivity contribution in [2.45, 2.75) is 13.0 Å². The summed E-state index contributed by atoms with van der Waals surface area (Å²) in [6.45, 7) is 1.97. The Hall–Kier alpha value is -2.56. The highest BCUT2D eigenvalue weighted by molar-refractivity contribution is 5.77. The molecule has 0 unspecified atom stereocenters. The van der Waals surface area contributed by atoms with E-state index in [4.69, 9.17) is 11.1 Å². The number of para-hydroxylation sites is 1. The van der Waals surface area contributed by atoms with Crippen LogP contribution >= 0.6 is 0 Å². The zero-order chi connectivity index (χ0) is 15.1. The summed E-state index contributed by atoms with van der Waals surface area (Å²) < 4.78 is 1.68. The van der Waals surface area contributed by atoms with E-state index in [1.165, 1.54) is 0 Å². The van der Waals surface area contributed by atoms with Crippen molar-refractivity contribution in [3.05, 3.63) is 65.1 Å². The van der Waals surface area contributed by atoms with Crippen molar-refractivity contribution in [3.63, 3.8) is 0 Å². The third kappa shape index (κ3) is 4.49. The number of benzene rings is 1. The van der Waals surface area contributed by atoms with Gasteiger partial charge in [-0.05, 0) is 18.2 Å². The predicted molar refractivity (Wildman–Crippen MR) is 85.9 cm³/mol. The fourth-order valence-corrected chi connectivity index (χ4v) is 2.14. The average molecular weight is 284 g/mol. The summed E-state index contributed by atoms with van der Waals surface area (Å²) in [6.07, 6.45) is 2.30. The molecule has 1 heterocycles. The highest BCUT2D eigenvalue weighted by Gasteiger charge is 2.07. The number of nitrogens with two attached hydrogens (primary N) is 1. The fourth-order valence-electron chi connectivity index (χ4n) is 2.14. The van der Waals surface area contributed by atoms with Gasteiger partial charge in [0.2, 0.25) is 0 Å². The first kappa shape index (κ1) is 14.8. The Morgan fingerprint density at radius 1 is 1.10 bits per heavy atom. The standard InChI is InChI=1S/C16H20N4O/c17-15(18)9-11-19(14-6-2-1-3-7-14)12-13-20-10-5-4-8-16(20)21/h1-8,10H,9,11-13H2,(H3,17,18). The van der Waals surface area contributed by atoms with E-state index in [-0.39, 0.29) is 11.4 Å². The maximum atomic E-state index is 11.7. The second kappa shape index (κ2) is 7.28. The Kier molecular flexibility index (Phi) is 5.15. The molecule has 2 aromatic rings. The molecule has 5 heteroatoms. The number of nitrogens with zero attached hydrogens (tertiary/aromatic N) is 2. The zero-order valence-electron chi connectivity index (χ0n) is 11.9. The second-order valence-corrected chi connectivity index (χ2v) is 4.83. The molecule has 0 atom stereocenters. The van der Waals surface area contributed by atoms with Gasteiger partial charge in [0.05, 0.1) is 5.84 Å². The van der Waals surface area contributed by atoms with E-state index in [9.17, 15) is 4.79 Å². The molecule has 0 saturated carbocycles. The zero-order valence-corrected chi connectivity index (χ0v) is 11.9. The van der Waals surface area contributed by atoms with Crippen molar-refractivity contribution in [1.82, 2.24) is 4.57 Å². The van der Waals surface area contributed by atoms with Crippen LogP contribution in [-0.4, -0.2) is 23.5 Å². The first-order chi connectivity index (χ1) is 10.2. The molecule has 1 aromatic carbocycles. The molecule has 3 N–H and O–H groups in total. The van der Waals surface area contributed by atoms with E-state index in [1.807, 2.05) is 36.4 Å². The van der Waals surface area contributed by atoms with E-state index in [0.29, 0.717) is 26.1 Å². The number of anilines is 1. The summed E-state index contributed by atoms with van der Waals surface area (Å²) in [4.78, 5) is 13.9. The Labute approximate surface area is 124 Å². The lowest BCUT2D eigenvalue weighted by Crippen LogP contribution is -2.33. The number of hydrogen-bond donors (Lipinski definition) is 2. The highest BCUT2D eigenvalue weighted by Crippen LogP contribution is 2.13. The second-order valence-electron chi connectivity index (χ2n) is 4.83. The third-order valence-corrected chi connectivity index (χ3v) is 3.28. The quantitative estimate of drug-likeness (QED) is 0.600. The summed E-state index contributed by atoms with van der Waals surface area (Å²) in [5.74, 6) is 0.174. The minimum absolute atomic E-state index is 0.00270. The molecule has 5 nitrogen and oxygen atoms in total. The Morgan fingerprint density at radius 3 is 2.48 bits per heavy atom. The van der Waals surface area contributed by atoms with Crippen molar-refractivity contribution in [3.8, 4) is 0 Å². The lowest BCUT2D eigenvalue weighted by Gasteiger charge is -2.25. The molecule has 0 aliphatic rings. The van der Waals surface area contributed by atoms with E-state index < -0.39 is 0 Å². The van der Waals surface area contributed by atoms with Crippen molar-refractivity contribution in [2.75, 3.05) is 18.0 Å². The van der Waals surface area contributed by atoms with Gasteiger partial charge in [-0.15, -0.1) is 0 Å². The summed E-state index contributed by atoms with van der Waals surface area (Å²) in [5, 5.41) is 7.38. The highest BCUT2D eigenvalue weighted by atomic mass is 16.1. The molecular formula is C16H20N4O. The van der Waals surface area contributed by atoms with Gasteiger partial charge in [-0.2, -0.15) is 0 Å². The molecule has 0 bridgehead atoms. The van der Waals surface area contributed by atoms with E-state index in [0.717, 1.165) is 5.69 Å². The molecular weight excluding hydrogens is 264 g/mol. The van der Waals surface area contributed by atoms with Gasteiger partial charge in [-0.1, -0.05) is 24.3 Å². The Bertz CT molecular complexity index is 636. The fraction of sp³-hybridized carbons (Fsp3) is 0.250. The van der Waals surface area contributed by atoms with Crippen LogP contribution in [0.15, 0.2) is 59.5 Å². The van der Waals surface area contributed by atoms with Gasteiger partial charge in [0, 0.05) is 44.0 Å². The molecule has 0 aliphatic heterocycles. The van der Waals surface area contributed by atoms with Crippen LogP contribution in [-0.2, 0) is 6.54 Å². The lowest BCUT2D eigenvalue weighted by atomic mass is 10.2. The van der Waals surface area contributed by atoms with Crippen LogP contribution in [0.3, 0.4) is 0 Å². The molecule has 0 fully saturated rings. The summed E-state index contributed by atoms with van der Waals surface area (Å²) in [5.41, 5.74) is 6.52. The first-order valence-electron chi connectivity index (χ1n) is 6.95. The molecule has 0 spiro atoms. The number of amidine groups is 1. The van der Waals surface area contributed by atoms with Gasteiger partial charge >= 0.3 is 0 Å². The number of aromatic nitrogens is 1. The monoisotopic (exact) mass is 284 g/mol. The van der Waals surface area contributed by atoms with Crippen molar-refractivity contribution < 1.29 is 0 Å². The van der Waals surface area contributed by atoms with Crippen LogP contribution in [0.5, 0.6) is 0 Å². The average Bonchev–Trinajstić information content (AvgIpc) is 2.49. The van der Waals surface area contributed by atoms with E-state index >= 15 is 0 Å². The van der Waals surface area contributed by atoms with Gasteiger partial charge in [0.25, 0.3) is 5.56 Å². The third-order valence-electron chi connectivity index (χ3n) is 3.28.